The van der Waals surface area contributed by atoms with Gasteiger partial charge in [0.1, 0.15) is 5.82 Å². The molecule has 2 rings (SSSR count). The first-order valence-corrected chi connectivity index (χ1v) is 6.85. The summed E-state index contributed by atoms with van der Waals surface area (Å²) in [6.07, 6.45) is 0.860. The smallest absolute Gasteiger partial charge is 0.213 e. The van der Waals surface area contributed by atoms with Crippen LogP contribution < -0.4 is 5.73 Å². The molecule has 17 heavy (non-hydrogen) atoms. The van der Waals surface area contributed by atoms with Crippen LogP contribution in [-0.4, -0.2) is 21.7 Å². The normalized spacial score (nSPS) is 10.8. The van der Waals surface area contributed by atoms with Crippen LogP contribution >= 0.6 is 27.7 Å². The van der Waals surface area contributed by atoms with E-state index in [1.54, 1.807) is 11.8 Å². The van der Waals surface area contributed by atoms with Gasteiger partial charge in [-0.3, -0.25) is 5.10 Å². The lowest BCUT2D eigenvalue weighted by molar-refractivity contribution is 0.936. The van der Waals surface area contributed by atoms with Crippen LogP contribution in [0.15, 0.2) is 32.7 Å². The average Bonchev–Trinajstić information content (AvgIpc) is 2.68. The van der Waals surface area contributed by atoms with E-state index in [9.17, 15) is 0 Å². The molecule has 6 heteroatoms. The Labute approximate surface area is 113 Å². The fourth-order valence-corrected chi connectivity index (χ4v) is 2.92. The SMILES string of the molecule is Cc1nc(Sc2cc(Br)ccc2CCN)n[nH]1. The van der Waals surface area contributed by atoms with E-state index in [0.29, 0.717) is 6.54 Å². The Kier molecular flexibility index (Phi) is 4.20. The third kappa shape index (κ3) is 3.31. The highest BCUT2D eigenvalue weighted by Crippen LogP contribution is 2.30. The maximum atomic E-state index is 5.61. The molecule has 4 nitrogen and oxygen atoms in total. The van der Waals surface area contributed by atoms with Crippen molar-refractivity contribution in [1.82, 2.24) is 15.2 Å². The van der Waals surface area contributed by atoms with Crippen LogP contribution in [0.4, 0.5) is 0 Å². The van der Waals surface area contributed by atoms with Crippen LogP contribution in [0.5, 0.6) is 0 Å². The number of hydrogen-bond donors (Lipinski definition) is 2. The molecule has 2 aromatic rings. The minimum Gasteiger partial charge on any atom is -0.330 e. The summed E-state index contributed by atoms with van der Waals surface area (Å²) >= 11 is 5.02. The van der Waals surface area contributed by atoms with Gasteiger partial charge in [-0.2, -0.15) is 0 Å². The molecule has 0 saturated carbocycles. The Morgan fingerprint density at radius 2 is 2.29 bits per heavy atom. The number of nitrogens with two attached hydrogens (primary N) is 1. The molecule has 0 aliphatic heterocycles. The standard InChI is InChI=1S/C11H13BrN4S/c1-7-14-11(16-15-7)17-10-6-9(12)3-2-8(10)4-5-13/h2-3,6H,4-5,13H2,1H3,(H,14,15,16). The van der Waals surface area contributed by atoms with Crippen molar-refractivity contribution in [3.8, 4) is 0 Å². The van der Waals surface area contributed by atoms with Crippen molar-refractivity contribution in [3.63, 3.8) is 0 Å². The molecule has 1 aromatic heterocycles. The Hall–Kier alpha value is -0.850. The molecule has 1 heterocycles. The van der Waals surface area contributed by atoms with Crippen LogP contribution in [0, 0.1) is 6.92 Å². The summed E-state index contributed by atoms with van der Waals surface area (Å²) < 4.78 is 1.05. The maximum absolute atomic E-state index is 5.61. The average molecular weight is 313 g/mol. The number of H-pyrrole nitrogens is 1. The van der Waals surface area contributed by atoms with Crippen LogP contribution in [-0.2, 0) is 6.42 Å². The largest absolute Gasteiger partial charge is 0.330 e. The van der Waals surface area contributed by atoms with Gasteiger partial charge in [0.15, 0.2) is 0 Å². The molecule has 0 atom stereocenters. The number of aromatic amines is 1. The van der Waals surface area contributed by atoms with Crippen molar-refractivity contribution in [2.75, 3.05) is 6.54 Å². The highest BCUT2D eigenvalue weighted by molar-refractivity contribution is 9.10. The molecule has 0 spiro atoms. The first-order chi connectivity index (χ1) is 8.19. The first-order valence-electron chi connectivity index (χ1n) is 5.24. The summed E-state index contributed by atoms with van der Waals surface area (Å²) in [4.78, 5) is 5.43. The molecule has 0 aliphatic rings. The molecule has 0 amide bonds. The van der Waals surface area contributed by atoms with Crippen LogP contribution in [0.25, 0.3) is 0 Å². The Morgan fingerprint density at radius 3 is 2.94 bits per heavy atom. The van der Waals surface area contributed by atoms with E-state index in [1.807, 2.05) is 13.0 Å². The number of rotatable bonds is 4. The second-order valence-corrected chi connectivity index (χ2v) is 5.52. The van der Waals surface area contributed by atoms with Crippen LogP contribution in [0.3, 0.4) is 0 Å². The number of aromatic nitrogens is 3. The van der Waals surface area contributed by atoms with Gasteiger partial charge >= 0.3 is 0 Å². The van der Waals surface area contributed by atoms with Gasteiger partial charge in [-0.15, -0.1) is 5.10 Å². The Bertz CT molecular complexity index is 512. The van der Waals surface area contributed by atoms with Crippen LogP contribution in [0.1, 0.15) is 11.4 Å². The number of benzene rings is 1. The Morgan fingerprint density at radius 1 is 1.47 bits per heavy atom. The molecule has 0 bridgehead atoms. The lowest BCUT2D eigenvalue weighted by atomic mass is 10.1. The predicted octanol–water partition coefficient (Wildman–Crippen LogP) is 2.53. The van der Waals surface area contributed by atoms with Gasteiger partial charge in [0, 0.05) is 9.37 Å². The summed E-state index contributed by atoms with van der Waals surface area (Å²) in [6, 6.07) is 6.18. The maximum Gasteiger partial charge on any atom is 0.213 e. The molecule has 0 saturated heterocycles. The van der Waals surface area contributed by atoms with Gasteiger partial charge in [-0.25, -0.2) is 4.98 Å². The van der Waals surface area contributed by atoms with Gasteiger partial charge in [-0.05, 0) is 49.3 Å². The van der Waals surface area contributed by atoms with Gasteiger partial charge in [0.2, 0.25) is 5.16 Å². The summed E-state index contributed by atoms with van der Waals surface area (Å²) in [5, 5.41) is 7.69. The van der Waals surface area contributed by atoms with Crippen LogP contribution in [0.2, 0.25) is 0 Å². The molecule has 0 aliphatic carbocycles. The van der Waals surface area contributed by atoms with E-state index in [2.05, 4.69) is 43.2 Å². The Balaban J connectivity index is 2.26. The van der Waals surface area contributed by atoms with E-state index in [4.69, 9.17) is 5.73 Å². The third-order valence-electron chi connectivity index (χ3n) is 2.22. The monoisotopic (exact) mass is 312 g/mol. The molecular weight excluding hydrogens is 300 g/mol. The van der Waals surface area contributed by atoms with Crippen molar-refractivity contribution >= 4 is 27.7 Å². The zero-order valence-corrected chi connectivity index (χ0v) is 11.8. The molecule has 0 unspecified atom stereocenters. The third-order valence-corrected chi connectivity index (χ3v) is 3.68. The van der Waals surface area contributed by atoms with Crippen molar-refractivity contribution in [1.29, 1.82) is 0 Å². The van der Waals surface area contributed by atoms with Crippen molar-refractivity contribution in [3.05, 3.63) is 34.1 Å². The number of nitrogens with one attached hydrogen (secondary N) is 1. The molecule has 0 radical (unpaired) electrons. The lowest BCUT2D eigenvalue weighted by Gasteiger charge is -2.06. The fourth-order valence-electron chi connectivity index (χ4n) is 1.45. The van der Waals surface area contributed by atoms with E-state index in [0.717, 1.165) is 26.8 Å². The molecule has 3 N–H and O–H groups in total. The lowest BCUT2D eigenvalue weighted by Crippen LogP contribution is -2.03. The second kappa shape index (κ2) is 5.66. The minimum atomic E-state index is 0.641. The van der Waals surface area contributed by atoms with Crippen molar-refractivity contribution < 1.29 is 0 Å². The zero-order valence-electron chi connectivity index (χ0n) is 9.40. The van der Waals surface area contributed by atoms with Crippen molar-refractivity contribution in [2.45, 2.75) is 23.4 Å². The van der Waals surface area contributed by atoms with Gasteiger partial charge in [-0.1, -0.05) is 22.0 Å². The second-order valence-electron chi connectivity index (χ2n) is 3.60. The summed E-state index contributed by atoms with van der Waals surface area (Å²) in [5.41, 5.74) is 6.83. The molecule has 1 aromatic carbocycles. The topological polar surface area (TPSA) is 67.6 Å². The van der Waals surface area contributed by atoms with Crippen molar-refractivity contribution in [2.24, 2.45) is 5.73 Å². The summed E-state index contributed by atoms with van der Waals surface area (Å²) in [5.74, 6) is 0.822. The number of hydrogen-bond acceptors (Lipinski definition) is 4. The highest BCUT2D eigenvalue weighted by Gasteiger charge is 2.08. The molecule has 0 fully saturated rings. The molecular formula is C11H13BrN4S. The minimum absolute atomic E-state index is 0.641. The quantitative estimate of drug-likeness (QED) is 0.910. The number of nitrogens with zero attached hydrogens (tertiary/aromatic N) is 2. The summed E-state index contributed by atoms with van der Waals surface area (Å²) in [6.45, 7) is 2.53. The fraction of sp³-hybridized carbons (Fsp3) is 0.273. The van der Waals surface area contributed by atoms with Gasteiger partial charge < -0.3 is 5.73 Å². The van der Waals surface area contributed by atoms with E-state index in [1.165, 1.54) is 5.56 Å². The molecule has 90 valence electrons. The van der Waals surface area contributed by atoms with E-state index < -0.39 is 0 Å². The van der Waals surface area contributed by atoms with E-state index in [-0.39, 0.29) is 0 Å². The van der Waals surface area contributed by atoms with E-state index >= 15 is 0 Å². The highest BCUT2D eigenvalue weighted by atomic mass is 79.9. The number of halogens is 1. The zero-order chi connectivity index (χ0) is 12.3. The van der Waals surface area contributed by atoms with Gasteiger partial charge in [0.25, 0.3) is 0 Å². The number of aryl methyl sites for hydroxylation is 1. The van der Waals surface area contributed by atoms with Gasteiger partial charge in [0.05, 0.1) is 0 Å². The predicted molar refractivity (Wildman–Crippen MR) is 72.1 cm³/mol. The summed E-state index contributed by atoms with van der Waals surface area (Å²) in [7, 11) is 0. The first kappa shape index (κ1) is 12.6.